The minimum Gasteiger partial charge on any atom is -0.324 e. The molecule has 1 atom stereocenters. The van der Waals surface area contributed by atoms with E-state index in [1.165, 1.54) is 0 Å². The van der Waals surface area contributed by atoms with E-state index >= 15 is 0 Å². The minimum atomic E-state index is -0.677. The van der Waals surface area contributed by atoms with Crippen molar-refractivity contribution < 1.29 is 9.59 Å². The van der Waals surface area contributed by atoms with Crippen LogP contribution in [-0.2, 0) is 4.79 Å². The SMILES string of the molecule is CN1CCN(C(=O)N[C@@H](C(=O)CN)c2ccccc2)CC1. The van der Waals surface area contributed by atoms with Gasteiger partial charge in [-0.3, -0.25) is 4.79 Å². The van der Waals surface area contributed by atoms with Gasteiger partial charge in [-0.05, 0) is 12.6 Å². The van der Waals surface area contributed by atoms with Crippen molar-refractivity contribution in [3.8, 4) is 0 Å². The van der Waals surface area contributed by atoms with Gasteiger partial charge in [-0.1, -0.05) is 30.3 Å². The third-order valence-electron chi connectivity index (χ3n) is 3.71. The first kappa shape index (κ1) is 15.5. The highest BCUT2D eigenvalue weighted by Crippen LogP contribution is 2.14. The normalized spacial score (nSPS) is 17.3. The Labute approximate surface area is 124 Å². The molecular formula is C15H22N4O2. The topological polar surface area (TPSA) is 78.7 Å². The van der Waals surface area contributed by atoms with Crippen LogP contribution < -0.4 is 11.1 Å². The molecule has 0 unspecified atom stereocenters. The Morgan fingerprint density at radius 3 is 2.38 bits per heavy atom. The number of likely N-dealkylation sites (N-methyl/N-ethyl adjacent to an activating group) is 1. The fourth-order valence-corrected chi connectivity index (χ4v) is 2.34. The number of hydrogen-bond acceptors (Lipinski definition) is 4. The molecule has 0 aromatic heterocycles. The smallest absolute Gasteiger partial charge is 0.318 e. The van der Waals surface area contributed by atoms with Gasteiger partial charge < -0.3 is 20.9 Å². The van der Waals surface area contributed by atoms with Gasteiger partial charge in [0.1, 0.15) is 6.04 Å². The second-order valence-electron chi connectivity index (χ2n) is 5.25. The van der Waals surface area contributed by atoms with Gasteiger partial charge >= 0.3 is 6.03 Å². The molecule has 1 fully saturated rings. The predicted molar refractivity (Wildman–Crippen MR) is 80.8 cm³/mol. The molecule has 114 valence electrons. The van der Waals surface area contributed by atoms with E-state index in [1.807, 2.05) is 37.4 Å². The van der Waals surface area contributed by atoms with Crippen LogP contribution >= 0.6 is 0 Å². The van der Waals surface area contributed by atoms with Crippen LogP contribution in [0.25, 0.3) is 0 Å². The lowest BCUT2D eigenvalue weighted by molar-refractivity contribution is -0.119. The highest BCUT2D eigenvalue weighted by atomic mass is 16.2. The summed E-state index contributed by atoms with van der Waals surface area (Å²) in [5.41, 5.74) is 6.22. The zero-order valence-corrected chi connectivity index (χ0v) is 12.3. The molecule has 1 aromatic carbocycles. The minimum absolute atomic E-state index is 0.0947. The van der Waals surface area contributed by atoms with Gasteiger partial charge in [0.2, 0.25) is 0 Å². The Hall–Kier alpha value is -1.92. The molecule has 6 heteroatoms. The maximum Gasteiger partial charge on any atom is 0.318 e. The average Bonchev–Trinajstić information content (AvgIpc) is 2.53. The molecule has 2 amide bonds. The van der Waals surface area contributed by atoms with E-state index < -0.39 is 6.04 Å². The quantitative estimate of drug-likeness (QED) is 0.831. The molecule has 21 heavy (non-hydrogen) atoms. The van der Waals surface area contributed by atoms with Crippen LogP contribution in [0.1, 0.15) is 11.6 Å². The zero-order chi connectivity index (χ0) is 15.2. The molecule has 0 bridgehead atoms. The number of hydrogen-bond donors (Lipinski definition) is 2. The Morgan fingerprint density at radius 1 is 1.19 bits per heavy atom. The maximum atomic E-state index is 12.3. The first-order valence-electron chi connectivity index (χ1n) is 7.13. The Balaban J connectivity index is 2.05. The zero-order valence-electron chi connectivity index (χ0n) is 12.3. The summed E-state index contributed by atoms with van der Waals surface area (Å²) in [5, 5.41) is 2.81. The summed E-state index contributed by atoms with van der Waals surface area (Å²) in [6.07, 6.45) is 0. The van der Waals surface area contributed by atoms with Gasteiger partial charge in [-0.25, -0.2) is 4.79 Å². The van der Waals surface area contributed by atoms with E-state index in [-0.39, 0.29) is 18.4 Å². The molecule has 0 aliphatic carbocycles. The number of amides is 2. The van der Waals surface area contributed by atoms with Crippen molar-refractivity contribution in [2.75, 3.05) is 39.8 Å². The fraction of sp³-hybridized carbons (Fsp3) is 0.467. The van der Waals surface area contributed by atoms with Gasteiger partial charge in [0, 0.05) is 26.2 Å². The van der Waals surface area contributed by atoms with Gasteiger partial charge in [0.15, 0.2) is 5.78 Å². The third kappa shape index (κ3) is 4.03. The second-order valence-corrected chi connectivity index (χ2v) is 5.25. The number of rotatable bonds is 4. The van der Waals surface area contributed by atoms with Crippen LogP contribution in [0.15, 0.2) is 30.3 Å². The lowest BCUT2D eigenvalue weighted by Crippen LogP contribution is -2.52. The summed E-state index contributed by atoms with van der Waals surface area (Å²) in [4.78, 5) is 28.2. The standard InChI is InChI=1S/C15H22N4O2/c1-18-7-9-19(10-8-18)15(21)17-14(13(20)11-16)12-5-3-2-4-6-12/h2-6,14H,7-11,16H2,1H3,(H,17,21)/t14-/m1/s1. The Morgan fingerprint density at radius 2 is 1.81 bits per heavy atom. The van der Waals surface area contributed by atoms with Crippen molar-refractivity contribution in [2.24, 2.45) is 5.73 Å². The van der Waals surface area contributed by atoms with Crippen molar-refractivity contribution >= 4 is 11.8 Å². The fourth-order valence-electron chi connectivity index (χ4n) is 2.34. The van der Waals surface area contributed by atoms with E-state index in [1.54, 1.807) is 4.90 Å². The molecule has 1 aliphatic heterocycles. The summed E-state index contributed by atoms with van der Waals surface area (Å²) in [7, 11) is 2.03. The van der Waals surface area contributed by atoms with Crippen LogP contribution in [0.3, 0.4) is 0 Å². The molecule has 2 rings (SSSR count). The van der Waals surface area contributed by atoms with E-state index in [2.05, 4.69) is 10.2 Å². The summed E-state index contributed by atoms with van der Waals surface area (Å²) in [6.45, 7) is 2.92. The van der Waals surface area contributed by atoms with Crippen molar-refractivity contribution in [3.63, 3.8) is 0 Å². The van der Waals surface area contributed by atoms with E-state index in [0.29, 0.717) is 13.1 Å². The van der Waals surface area contributed by atoms with E-state index in [4.69, 9.17) is 5.73 Å². The van der Waals surface area contributed by atoms with Gasteiger partial charge in [-0.2, -0.15) is 0 Å². The highest BCUT2D eigenvalue weighted by Gasteiger charge is 2.25. The number of piperazine rings is 1. The summed E-state index contributed by atoms with van der Waals surface area (Å²) >= 11 is 0. The van der Waals surface area contributed by atoms with Crippen LogP contribution in [-0.4, -0.2) is 61.4 Å². The van der Waals surface area contributed by atoms with Crippen LogP contribution in [0, 0.1) is 0 Å². The lowest BCUT2D eigenvalue weighted by atomic mass is 10.0. The van der Waals surface area contributed by atoms with Crippen LogP contribution in [0.5, 0.6) is 0 Å². The maximum absolute atomic E-state index is 12.3. The van der Waals surface area contributed by atoms with Crippen molar-refractivity contribution in [2.45, 2.75) is 6.04 Å². The molecule has 6 nitrogen and oxygen atoms in total. The molecule has 3 N–H and O–H groups in total. The van der Waals surface area contributed by atoms with Crippen molar-refractivity contribution in [1.29, 1.82) is 0 Å². The number of nitrogens with one attached hydrogen (secondary N) is 1. The predicted octanol–water partition coefficient (Wildman–Crippen LogP) is 0.213. The largest absolute Gasteiger partial charge is 0.324 e. The van der Waals surface area contributed by atoms with Gasteiger partial charge in [0.05, 0.1) is 6.54 Å². The Bertz CT molecular complexity index is 484. The van der Waals surface area contributed by atoms with Crippen LogP contribution in [0.2, 0.25) is 0 Å². The second kappa shape index (κ2) is 7.19. The summed E-state index contributed by atoms with van der Waals surface area (Å²) in [6, 6.07) is 8.31. The molecule has 1 heterocycles. The monoisotopic (exact) mass is 290 g/mol. The van der Waals surface area contributed by atoms with Crippen molar-refractivity contribution in [3.05, 3.63) is 35.9 Å². The van der Waals surface area contributed by atoms with Crippen LogP contribution in [0.4, 0.5) is 4.79 Å². The number of benzene rings is 1. The number of ketones is 1. The third-order valence-corrected chi connectivity index (χ3v) is 3.71. The number of Topliss-reactive ketones (excluding diaryl/α,β-unsaturated/α-hetero) is 1. The van der Waals surface area contributed by atoms with E-state index in [0.717, 1.165) is 18.7 Å². The first-order valence-corrected chi connectivity index (χ1v) is 7.13. The molecule has 0 spiro atoms. The number of carbonyl (C=O) groups excluding carboxylic acids is 2. The molecule has 1 saturated heterocycles. The van der Waals surface area contributed by atoms with Gasteiger partial charge in [-0.15, -0.1) is 0 Å². The summed E-state index contributed by atoms with van der Waals surface area (Å²) in [5.74, 6) is -0.191. The first-order chi connectivity index (χ1) is 10.1. The number of nitrogens with two attached hydrogens (primary N) is 1. The van der Waals surface area contributed by atoms with E-state index in [9.17, 15) is 9.59 Å². The molecule has 1 aliphatic rings. The average molecular weight is 290 g/mol. The highest BCUT2D eigenvalue weighted by molar-refractivity contribution is 5.90. The molecule has 0 radical (unpaired) electrons. The number of nitrogens with zero attached hydrogens (tertiary/aromatic N) is 2. The molecular weight excluding hydrogens is 268 g/mol. The molecule has 0 saturated carbocycles. The number of carbonyl (C=O) groups is 2. The lowest BCUT2D eigenvalue weighted by Gasteiger charge is -2.33. The molecule has 1 aromatic rings. The summed E-state index contributed by atoms with van der Waals surface area (Å²) < 4.78 is 0. The van der Waals surface area contributed by atoms with Gasteiger partial charge in [0.25, 0.3) is 0 Å². The number of urea groups is 1. The van der Waals surface area contributed by atoms with Crippen molar-refractivity contribution in [1.82, 2.24) is 15.1 Å². The Kier molecular flexibility index (Phi) is 5.30.